The zero-order valence-electron chi connectivity index (χ0n) is 10.1. The largest absolute Gasteiger partial charge is 0.399 e. The fourth-order valence-electron chi connectivity index (χ4n) is 1.92. The number of nitrogens with two attached hydrogens (primary N) is 2. The lowest BCUT2D eigenvalue weighted by molar-refractivity contribution is -0.122. The van der Waals surface area contributed by atoms with Crippen LogP contribution in [-0.4, -0.2) is 23.6 Å². The lowest BCUT2D eigenvalue weighted by atomic mass is 10.2. The lowest BCUT2D eigenvalue weighted by Crippen LogP contribution is -2.45. The Morgan fingerprint density at radius 3 is 2.83 bits per heavy atom. The number of fused-ring (bicyclic) bond motifs is 1. The van der Waals surface area contributed by atoms with Crippen LogP contribution in [0.15, 0.2) is 23.1 Å². The molecule has 0 fully saturated rings. The number of carbonyl (C=O) groups excluding carboxylic acids is 2. The summed E-state index contributed by atoms with van der Waals surface area (Å²) in [6.07, 6.45) is 0.701. The Kier molecular flexibility index (Phi) is 3.47. The van der Waals surface area contributed by atoms with E-state index < -0.39 is 5.91 Å². The second-order valence-corrected chi connectivity index (χ2v) is 5.38. The van der Waals surface area contributed by atoms with E-state index >= 15 is 0 Å². The van der Waals surface area contributed by atoms with Crippen molar-refractivity contribution in [2.75, 3.05) is 17.2 Å². The molecular formula is C12H15N3O2S. The molecule has 0 bridgehead atoms. The van der Waals surface area contributed by atoms with Crippen molar-refractivity contribution in [1.82, 2.24) is 0 Å². The van der Waals surface area contributed by atoms with Crippen molar-refractivity contribution in [1.29, 1.82) is 0 Å². The number of rotatable bonds is 3. The fourth-order valence-corrected chi connectivity index (χ4v) is 3.13. The molecule has 5 nitrogen and oxygen atoms in total. The molecule has 0 saturated heterocycles. The van der Waals surface area contributed by atoms with E-state index in [1.807, 2.05) is 13.0 Å². The molecule has 1 heterocycles. The van der Waals surface area contributed by atoms with Gasteiger partial charge in [0.15, 0.2) is 0 Å². The van der Waals surface area contributed by atoms with Gasteiger partial charge in [0.2, 0.25) is 11.8 Å². The molecule has 2 rings (SSSR count). The normalized spacial score (nSPS) is 18.6. The second-order valence-electron chi connectivity index (χ2n) is 4.13. The first-order valence-electron chi connectivity index (χ1n) is 5.68. The van der Waals surface area contributed by atoms with Gasteiger partial charge in [-0.2, -0.15) is 0 Å². The Labute approximate surface area is 110 Å². The van der Waals surface area contributed by atoms with E-state index in [0.717, 1.165) is 4.90 Å². The van der Waals surface area contributed by atoms with Crippen LogP contribution in [0.1, 0.15) is 13.3 Å². The minimum atomic E-state index is -0.520. The van der Waals surface area contributed by atoms with Gasteiger partial charge in [-0.15, -0.1) is 11.8 Å². The number of primary amides is 1. The minimum absolute atomic E-state index is 0.0708. The van der Waals surface area contributed by atoms with E-state index in [2.05, 4.69) is 0 Å². The maximum Gasteiger partial charge on any atom is 0.240 e. The van der Waals surface area contributed by atoms with Crippen LogP contribution in [0.5, 0.6) is 0 Å². The molecule has 1 unspecified atom stereocenters. The average Bonchev–Trinajstić information content (AvgIpc) is 2.31. The van der Waals surface area contributed by atoms with Gasteiger partial charge in [0.05, 0.1) is 10.9 Å². The molecule has 0 spiro atoms. The van der Waals surface area contributed by atoms with Crippen molar-refractivity contribution in [2.45, 2.75) is 23.5 Å². The number of nitrogen functional groups attached to an aromatic ring is 1. The number of hydrogen-bond donors (Lipinski definition) is 2. The Morgan fingerprint density at radius 2 is 2.22 bits per heavy atom. The quantitative estimate of drug-likeness (QED) is 0.797. The van der Waals surface area contributed by atoms with E-state index in [9.17, 15) is 9.59 Å². The molecule has 6 heteroatoms. The molecule has 1 aromatic carbocycles. The van der Waals surface area contributed by atoms with E-state index in [1.165, 1.54) is 16.7 Å². The summed E-state index contributed by atoms with van der Waals surface area (Å²) in [6, 6.07) is 5.29. The summed E-state index contributed by atoms with van der Waals surface area (Å²) in [5.41, 5.74) is 12.3. The van der Waals surface area contributed by atoms with Crippen LogP contribution in [-0.2, 0) is 9.59 Å². The third kappa shape index (κ3) is 2.28. The van der Waals surface area contributed by atoms with Crippen molar-refractivity contribution in [3.8, 4) is 0 Å². The van der Waals surface area contributed by atoms with E-state index in [4.69, 9.17) is 11.5 Å². The SMILES string of the molecule is CCC1Sc2cc(N)ccc2N(CC(N)=O)C1=O. The van der Waals surface area contributed by atoms with Crippen molar-refractivity contribution >= 4 is 35.0 Å². The fraction of sp³-hybridized carbons (Fsp3) is 0.333. The monoisotopic (exact) mass is 265 g/mol. The zero-order chi connectivity index (χ0) is 13.3. The van der Waals surface area contributed by atoms with Crippen LogP contribution in [0.4, 0.5) is 11.4 Å². The maximum absolute atomic E-state index is 12.2. The zero-order valence-corrected chi connectivity index (χ0v) is 10.9. The molecule has 1 aliphatic rings. The third-order valence-electron chi connectivity index (χ3n) is 2.77. The Morgan fingerprint density at radius 1 is 1.50 bits per heavy atom. The number of anilines is 2. The topological polar surface area (TPSA) is 89.4 Å². The smallest absolute Gasteiger partial charge is 0.240 e. The van der Waals surface area contributed by atoms with Gasteiger partial charge in [-0.1, -0.05) is 6.92 Å². The van der Waals surface area contributed by atoms with Gasteiger partial charge in [0.25, 0.3) is 0 Å². The molecule has 0 radical (unpaired) electrons. The summed E-state index contributed by atoms with van der Waals surface area (Å²) in [5, 5.41) is -0.182. The predicted molar refractivity (Wildman–Crippen MR) is 72.3 cm³/mol. The number of carbonyl (C=O) groups is 2. The van der Waals surface area contributed by atoms with Crippen LogP contribution in [0.2, 0.25) is 0 Å². The van der Waals surface area contributed by atoms with Gasteiger partial charge < -0.3 is 16.4 Å². The summed E-state index contributed by atoms with van der Waals surface area (Å²) in [6.45, 7) is 1.85. The third-order valence-corrected chi connectivity index (χ3v) is 4.17. The molecular weight excluding hydrogens is 250 g/mol. The molecule has 0 saturated carbocycles. The standard InChI is InChI=1S/C12H15N3O2S/c1-2-9-12(17)15(6-11(14)16)8-4-3-7(13)5-10(8)18-9/h3-5,9H,2,6,13H2,1H3,(H2,14,16). The Bertz CT molecular complexity index is 504. The van der Waals surface area contributed by atoms with E-state index in [1.54, 1.807) is 12.1 Å². The summed E-state index contributed by atoms with van der Waals surface area (Å²) in [5.74, 6) is -0.591. The lowest BCUT2D eigenvalue weighted by Gasteiger charge is -2.32. The van der Waals surface area contributed by atoms with Crippen molar-refractivity contribution in [2.24, 2.45) is 5.73 Å². The van der Waals surface area contributed by atoms with E-state index in [-0.39, 0.29) is 17.7 Å². The first-order chi connectivity index (χ1) is 8.52. The van der Waals surface area contributed by atoms with Crippen molar-refractivity contribution in [3.05, 3.63) is 18.2 Å². The molecule has 1 aromatic rings. The molecule has 0 aliphatic carbocycles. The van der Waals surface area contributed by atoms with Crippen LogP contribution in [0.25, 0.3) is 0 Å². The van der Waals surface area contributed by atoms with Gasteiger partial charge >= 0.3 is 0 Å². The summed E-state index contributed by atoms with van der Waals surface area (Å²) >= 11 is 1.49. The predicted octanol–water partition coefficient (Wildman–Crippen LogP) is 0.971. The maximum atomic E-state index is 12.2. The minimum Gasteiger partial charge on any atom is -0.399 e. The first-order valence-corrected chi connectivity index (χ1v) is 6.56. The summed E-state index contributed by atoms with van der Waals surface area (Å²) < 4.78 is 0. The molecule has 4 N–H and O–H groups in total. The summed E-state index contributed by atoms with van der Waals surface area (Å²) in [7, 11) is 0. The molecule has 96 valence electrons. The Hall–Kier alpha value is -1.69. The van der Waals surface area contributed by atoms with Gasteiger partial charge in [-0.05, 0) is 24.6 Å². The summed E-state index contributed by atoms with van der Waals surface area (Å²) in [4.78, 5) is 25.7. The van der Waals surface area contributed by atoms with E-state index in [0.29, 0.717) is 17.8 Å². The molecule has 1 atom stereocenters. The highest BCUT2D eigenvalue weighted by Crippen LogP contribution is 2.41. The van der Waals surface area contributed by atoms with Crippen LogP contribution in [0, 0.1) is 0 Å². The number of hydrogen-bond acceptors (Lipinski definition) is 4. The van der Waals surface area contributed by atoms with Crippen LogP contribution >= 0.6 is 11.8 Å². The van der Waals surface area contributed by atoms with Crippen molar-refractivity contribution in [3.63, 3.8) is 0 Å². The van der Waals surface area contributed by atoms with Gasteiger partial charge in [0, 0.05) is 10.6 Å². The highest BCUT2D eigenvalue weighted by atomic mass is 32.2. The number of thioether (sulfide) groups is 1. The number of benzene rings is 1. The average molecular weight is 265 g/mol. The second kappa shape index (κ2) is 4.89. The Balaban J connectivity index is 2.44. The van der Waals surface area contributed by atoms with Crippen molar-refractivity contribution < 1.29 is 9.59 Å². The van der Waals surface area contributed by atoms with Gasteiger partial charge in [-0.3, -0.25) is 9.59 Å². The first kappa shape index (κ1) is 12.8. The molecule has 18 heavy (non-hydrogen) atoms. The van der Waals surface area contributed by atoms with Gasteiger partial charge in [0.1, 0.15) is 6.54 Å². The molecule has 0 aromatic heterocycles. The highest BCUT2D eigenvalue weighted by Gasteiger charge is 2.33. The van der Waals surface area contributed by atoms with Gasteiger partial charge in [-0.25, -0.2) is 0 Å². The number of amides is 2. The highest BCUT2D eigenvalue weighted by molar-refractivity contribution is 8.01. The number of nitrogens with zero attached hydrogens (tertiary/aromatic N) is 1. The molecule has 1 aliphatic heterocycles. The van der Waals surface area contributed by atoms with Crippen LogP contribution < -0.4 is 16.4 Å². The molecule has 2 amide bonds. The van der Waals surface area contributed by atoms with Crippen LogP contribution in [0.3, 0.4) is 0 Å².